The van der Waals surface area contributed by atoms with Crippen molar-refractivity contribution in [1.29, 1.82) is 0 Å². The van der Waals surface area contributed by atoms with E-state index in [4.69, 9.17) is 9.47 Å². The molecule has 1 aliphatic carbocycles. The Labute approximate surface area is 123 Å². The summed E-state index contributed by atoms with van der Waals surface area (Å²) in [6.07, 6.45) is 2.87. The minimum absolute atomic E-state index is 0.256. The van der Waals surface area contributed by atoms with Gasteiger partial charge in [-0.3, -0.25) is 0 Å². The minimum atomic E-state index is 0.256. The van der Waals surface area contributed by atoms with Crippen LogP contribution in [0.25, 0.3) is 0 Å². The fraction of sp³-hybridized carbons (Fsp3) is 0.600. The molecule has 0 heterocycles. The number of nitrogens with one attached hydrogen (secondary N) is 1. The number of benzene rings is 1. The van der Waals surface area contributed by atoms with Crippen LogP contribution in [-0.4, -0.2) is 25.4 Å². The summed E-state index contributed by atoms with van der Waals surface area (Å²) in [6, 6.07) is 6.84. The van der Waals surface area contributed by atoms with Crippen molar-refractivity contribution < 1.29 is 9.47 Å². The van der Waals surface area contributed by atoms with Gasteiger partial charge in [-0.2, -0.15) is 0 Å². The molecule has 1 aromatic rings. The van der Waals surface area contributed by atoms with Crippen LogP contribution in [0.4, 0.5) is 0 Å². The molecular formula is C15H22BrNO2. The van der Waals surface area contributed by atoms with Crippen molar-refractivity contribution in [2.75, 3.05) is 13.2 Å². The lowest BCUT2D eigenvalue weighted by molar-refractivity contribution is 0.0552. The maximum Gasteiger partial charge on any atom is 0.119 e. The highest BCUT2D eigenvalue weighted by Crippen LogP contribution is 2.25. The van der Waals surface area contributed by atoms with Gasteiger partial charge < -0.3 is 14.8 Å². The third-order valence-electron chi connectivity index (χ3n) is 2.98. The second kappa shape index (κ2) is 7.27. The molecular weight excluding hydrogens is 306 g/mol. The Morgan fingerprint density at radius 2 is 2.11 bits per heavy atom. The van der Waals surface area contributed by atoms with Gasteiger partial charge in [-0.1, -0.05) is 15.9 Å². The molecule has 4 heteroatoms. The topological polar surface area (TPSA) is 30.5 Å². The molecule has 1 fully saturated rings. The van der Waals surface area contributed by atoms with E-state index in [0.29, 0.717) is 13.2 Å². The zero-order valence-electron chi connectivity index (χ0n) is 11.6. The fourth-order valence-corrected chi connectivity index (χ4v) is 2.15. The van der Waals surface area contributed by atoms with Crippen LogP contribution in [0.5, 0.6) is 5.75 Å². The van der Waals surface area contributed by atoms with Gasteiger partial charge in [0, 0.05) is 17.1 Å². The van der Waals surface area contributed by atoms with E-state index >= 15 is 0 Å². The van der Waals surface area contributed by atoms with Gasteiger partial charge in [0.25, 0.3) is 0 Å². The van der Waals surface area contributed by atoms with Crippen molar-refractivity contribution >= 4 is 15.9 Å². The minimum Gasteiger partial charge on any atom is -0.491 e. The van der Waals surface area contributed by atoms with E-state index in [1.807, 2.05) is 26.0 Å². The first-order valence-corrected chi connectivity index (χ1v) is 7.70. The van der Waals surface area contributed by atoms with Crippen LogP contribution < -0.4 is 10.1 Å². The first-order chi connectivity index (χ1) is 9.15. The lowest BCUT2D eigenvalue weighted by atomic mass is 10.2. The zero-order chi connectivity index (χ0) is 13.7. The molecule has 0 radical (unpaired) electrons. The van der Waals surface area contributed by atoms with Crippen molar-refractivity contribution in [3.05, 3.63) is 28.2 Å². The summed E-state index contributed by atoms with van der Waals surface area (Å²) in [5.74, 6) is 0.906. The molecule has 2 rings (SSSR count). The molecule has 0 amide bonds. The molecule has 106 valence electrons. The molecule has 1 N–H and O–H groups in total. The summed E-state index contributed by atoms with van der Waals surface area (Å²) in [7, 11) is 0. The Morgan fingerprint density at radius 3 is 2.79 bits per heavy atom. The average molecular weight is 328 g/mol. The standard InChI is InChI=1S/C15H22BrNO2/c1-11(2)18-7-8-19-14-5-6-15(16)12(9-14)10-17-13-3-4-13/h5-6,9,11,13,17H,3-4,7-8,10H2,1-2H3. The Balaban J connectivity index is 1.80. The lowest BCUT2D eigenvalue weighted by Gasteiger charge is -2.11. The van der Waals surface area contributed by atoms with Gasteiger partial charge in [-0.25, -0.2) is 0 Å². The first kappa shape index (κ1) is 14.8. The summed E-state index contributed by atoms with van der Waals surface area (Å²) in [4.78, 5) is 0. The maximum absolute atomic E-state index is 5.70. The molecule has 0 unspecified atom stereocenters. The Kier molecular flexibility index (Phi) is 5.67. The second-order valence-electron chi connectivity index (χ2n) is 5.18. The summed E-state index contributed by atoms with van der Waals surface area (Å²) < 4.78 is 12.3. The normalized spacial score (nSPS) is 14.9. The third kappa shape index (κ3) is 5.51. The Hall–Kier alpha value is -0.580. The van der Waals surface area contributed by atoms with Crippen molar-refractivity contribution in [3.63, 3.8) is 0 Å². The van der Waals surface area contributed by atoms with Crippen molar-refractivity contribution in [3.8, 4) is 5.75 Å². The van der Waals surface area contributed by atoms with E-state index in [1.54, 1.807) is 0 Å². The smallest absolute Gasteiger partial charge is 0.119 e. The van der Waals surface area contributed by atoms with Gasteiger partial charge in [0.15, 0.2) is 0 Å². The van der Waals surface area contributed by atoms with E-state index in [2.05, 4.69) is 27.3 Å². The Morgan fingerprint density at radius 1 is 1.32 bits per heavy atom. The highest BCUT2D eigenvalue weighted by Gasteiger charge is 2.20. The van der Waals surface area contributed by atoms with Gasteiger partial charge in [-0.05, 0) is 50.5 Å². The van der Waals surface area contributed by atoms with Gasteiger partial charge >= 0.3 is 0 Å². The van der Waals surface area contributed by atoms with Gasteiger partial charge in [0.1, 0.15) is 12.4 Å². The van der Waals surface area contributed by atoms with Gasteiger partial charge in [-0.15, -0.1) is 0 Å². The molecule has 0 atom stereocenters. The van der Waals surface area contributed by atoms with E-state index in [-0.39, 0.29) is 6.10 Å². The van der Waals surface area contributed by atoms with E-state index < -0.39 is 0 Å². The number of halogens is 1. The first-order valence-electron chi connectivity index (χ1n) is 6.91. The van der Waals surface area contributed by atoms with Crippen molar-refractivity contribution in [2.45, 2.75) is 45.4 Å². The molecule has 1 aromatic carbocycles. The highest BCUT2D eigenvalue weighted by atomic mass is 79.9. The molecule has 1 saturated carbocycles. The van der Waals surface area contributed by atoms with Crippen LogP contribution in [0.3, 0.4) is 0 Å². The van der Waals surface area contributed by atoms with Crippen LogP contribution in [-0.2, 0) is 11.3 Å². The number of hydrogen-bond acceptors (Lipinski definition) is 3. The van der Waals surface area contributed by atoms with Crippen LogP contribution in [0.15, 0.2) is 22.7 Å². The molecule has 0 saturated heterocycles. The molecule has 0 aliphatic heterocycles. The predicted octanol–water partition coefficient (Wildman–Crippen LogP) is 3.50. The average Bonchev–Trinajstić information content (AvgIpc) is 3.18. The number of hydrogen-bond donors (Lipinski definition) is 1. The number of ether oxygens (including phenoxy) is 2. The molecule has 0 spiro atoms. The molecule has 0 aromatic heterocycles. The summed E-state index contributed by atoms with van der Waals surface area (Å²) in [6.45, 7) is 6.17. The van der Waals surface area contributed by atoms with Gasteiger partial charge in [0.2, 0.25) is 0 Å². The molecule has 1 aliphatic rings. The van der Waals surface area contributed by atoms with Crippen molar-refractivity contribution in [2.24, 2.45) is 0 Å². The zero-order valence-corrected chi connectivity index (χ0v) is 13.2. The lowest BCUT2D eigenvalue weighted by Crippen LogP contribution is -2.16. The SMILES string of the molecule is CC(C)OCCOc1ccc(Br)c(CNC2CC2)c1. The molecule has 19 heavy (non-hydrogen) atoms. The van der Waals surface area contributed by atoms with Crippen LogP contribution >= 0.6 is 15.9 Å². The molecule has 0 bridgehead atoms. The second-order valence-corrected chi connectivity index (χ2v) is 6.03. The third-order valence-corrected chi connectivity index (χ3v) is 3.75. The van der Waals surface area contributed by atoms with Crippen LogP contribution in [0.1, 0.15) is 32.3 Å². The molecule has 3 nitrogen and oxygen atoms in total. The fourth-order valence-electron chi connectivity index (χ4n) is 1.76. The van der Waals surface area contributed by atoms with E-state index in [9.17, 15) is 0 Å². The predicted molar refractivity (Wildman–Crippen MR) is 80.6 cm³/mol. The number of rotatable bonds is 8. The van der Waals surface area contributed by atoms with Crippen LogP contribution in [0.2, 0.25) is 0 Å². The largest absolute Gasteiger partial charge is 0.491 e. The monoisotopic (exact) mass is 327 g/mol. The van der Waals surface area contributed by atoms with Crippen molar-refractivity contribution in [1.82, 2.24) is 5.32 Å². The van der Waals surface area contributed by atoms with E-state index in [1.165, 1.54) is 18.4 Å². The highest BCUT2D eigenvalue weighted by molar-refractivity contribution is 9.10. The Bertz CT molecular complexity index is 405. The quantitative estimate of drug-likeness (QED) is 0.741. The summed E-state index contributed by atoms with van der Waals surface area (Å²) >= 11 is 3.58. The maximum atomic E-state index is 5.70. The summed E-state index contributed by atoms with van der Waals surface area (Å²) in [5, 5.41) is 3.51. The van der Waals surface area contributed by atoms with Gasteiger partial charge in [0.05, 0.1) is 12.7 Å². The van der Waals surface area contributed by atoms with E-state index in [0.717, 1.165) is 22.8 Å². The summed E-state index contributed by atoms with van der Waals surface area (Å²) in [5.41, 5.74) is 1.24. The van der Waals surface area contributed by atoms with Crippen LogP contribution in [0, 0.1) is 0 Å².